The highest BCUT2D eigenvalue weighted by molar-refractivity contribution is 6.37. The van der Waals surface area contributed by atoms with Crippen molar-refractivity contribution in [2.24, 2.45) is 0 Å². The molecule has 1 aromatic heterocycles. The van der Waals surface area contributed by atoms with Crippen LogP contribution in [0.15, 0.2) is 18.2 Å². The second kappa shape index (κ2) is 8.39. The number of rotatable bonds is 4. The molecule has 1 aromatic carbocycles. The van der Waals surface area contributed by atoms with Crippen LogP contribution in [0.25, 0.3) is 5.69 Å². The summed E-state index contributed by atoms with van der Waals surface area (Å²) < 4.78 is 1.60. The first kappa shape index (κ1) is 19.7. The fraction of sp³-hybridized carbons (Fsp3) is 0.550. The Morgan fingerprint density at radius 3 is 2.36 bits per heavy atom. The third kappa shape index (κ3) is 3.78. The number of piperazine rings is 1. The number of benzene rings is 1. The van der Waals surface area contributed by atoms with Crippen LogP contribution in [0.1, 0.15) is 49.1 Å². The fourth-order valence-electron chi connectivity index (χ4n) is 4.24. The van der Waals surface area contributed by atoms with Gasteiger partial charge in [0.05, 0.1) is 10.0 Å². The molecule has 0 bridgehead atoms. The third-order valence-electron chi connectivity index (χ3n) is 5.77. The number of aromatic nitrogens is 3. The van der Waals surface area contributed by atoms with Crippen molar-refractivity contribution in [3.63, 3.8) is 0 Å². The second-order valence-electron chi connectivity index (χ2n) is 7.45. The molecule has 4 rings (SSSR count). The summed E-state index contributed by atoms with van der Waals surface area (Å²) >= 11 is 12.7. The van der Waals surface area contributed by atoms with Crippen LogP contribution in [-0.2, 0) is 6.42 Å². The van der Waals surface area contributed by atoms with E-state index >= 15 is 0 Å². The largest absolute Gasteiger partial charge is 0.333 e. The van der Waals surface area contributed by atoms with E-state index in [0.717, 1.165) is 26.2 Å². The molecule has 1 aliphatic heterocycles. The zero-order chi connectivity index (χ0) is 19.7. The monoisotopic (exact) mass is 421 g/mol. The van der Waals surface area contributed by atoms with Crippen LogP contribution in [0.4, 0.5) is 0 Å². The first-order chi connectivity index (χ1) is 13.6. The van der Waals surface area contributed by atoms with Gasteiger partial charge in [0.2, 0.25) is 5.82 Å². The smallest absolute Gasteiger partial charge is 0.293 e. The molecule has 0 spiro atoms. The number of hydrogen-bond donors (Lipinski definition) is 0. The van der Waals surface area contributed by atoms with Crippen molar-refractivity contribution in [3.8, 4) is 5.69 Å². The van der Waals surface area contributed by atoms with Gasteiger partial charge in [-0.25, -0.2) is 9.67 Å². The van der Waals surface area contributed by atoms with Gasteiger partial charge in [-0.1, -0.05) is 49.0 Å². The van der Waals surface area contributed by atoms with Crippen LogP contribution in [0.5, 0.6) is 0 Å². The zero-order valence-electron chi connectivity index (χ0n) is 16.1. The maximum absolute atomic E-state index is 13.0. The normalized spacial score (nSPS) is 18.8. The van der Waals surface area contributed by atoms with Gasteiger partial charge in [-0.3, -0.25) is 9.69 Å². The number of halogens is 2. The molecule has 150 valence electrons. The SMILES string of the molecule is CCc1nc(C(=O)N2CCN(C3CCCC3)CC2)nn1-c1c(Cl)cccc1Cl. The molecule has 1 amide bonds. The molecule has 2 aliphatic rings. The summed E-state index contributed by atoms with van der Waals surface area (Å²) in [4.78, 5) is 21.9. The minimum atomic E-state index is -0.123. The third-order valence-corrected chi connectivity index (χ3v) is 6.38. The molecule has 2 fully saturated rings. The predicted molar refractivity (Wildman–Crippen MR) is 110 cm³/mol. The summed E-state index contributed by atoms with van der Waals surface area (Å²) in [5.41, 5.74) is 0.570. The van der Waals surface area contributed by atoms with Gasteiger partial charge in [-0.05, 0) is 25.0 Å². The highest BCUT2D eigenvalue weighted by Crippen LogP contribution is 2.29. The number of nitrogens with zero attached hydrogens (tertiary/aromatic N) is 5. The van der Waals surface area contributed by atoms with Crippen LogP contribution in [0.2, 0.25) is 10.0 Å². The van der Waals surface area contributed by atoms with Crippen LogP contribution in [0, 0.1) is 0 Å². The summed E-state index contributed by atoms with van der Waals surface area (Å²) in [5, 5.41) is 5.44. The van der Waals surface area contributed by atoms with Crippen molar-refractivity contribution >= 4 is 29.1 Å². The first-order valence-corrected chi connectivity index (χ1v) is 10.8. The minimum absolute atomic E-state index is 0.123. The zero-order valence-corrected chi connectivity index (χ0v) is 17.6. The Morgan fingerprint density at radius 2 is 1.75 bits per heavy atom. The molecule has 0 unspecified atom stereocenters. The van der Waals surface area contributed by atoms with E-state index in [9.17, 15) is 4.79 Å². The van der Waals surface area contributed by atoms with Crippen molar-refractivity contribution in [2.75, 3.05) is 26.2 Å². The van der Waals surface area contributed by atoms with Gasteiger partial charge in [0, 0.05) is 38.6 Å². The average Bonchev–Trinajstić information content (AvgIpc) is 3.38. The van der Waals surface area contributed by atoms with E-state index in [1.54, 1.807) is 22.9 Å². The molecule has 2 heterocycles. The molecule has 28 heavy (non-hydrogen) atoms. The number of carbonyl (C=O) groups is 1. The molecule has 1 aliphatic carbocycles. The molecular weight excluding hydrogens is 397 g/mol. The highest BCUT2D eigenvalue weighted by Gasteiger charge is 2.30. The summed E-state index contributed by atoms with van der Waals surface area (Å²) in [6.07, 6.45) is 5.86. The molecule has 2 aromatic rings. The van der Waals surface area contributed by atoms with Crippen molar-refractivity contribution in [3.05, 3.63) is 39.9 Å². The standard InChI is InChI=1S/C20H25Cl2N5O/c1-2-17-23-19(24-27(17)18-15(21)8-5-9-16(18)22)20(28)26-12-10-25(11-13-26)14-6-3-4-7-14/h5,8-9,14H,2-4,6-7,10-13H2,1H3. The second-order valence-corrected chi connectivity index (χ2v) is 8.27. The van der Waals surface area contributed by atoms with E-state index in [1.807, 2.05) is 11.8 Å². The van der Waals surface area contributed by atoms with Crippen molar-refractivity contribution in [1.82, 2.24) is 24.6 Å². The van der Waals surface area contributed by atoms with Crippen molar-refractivity contribution in [1.29, 1.82) is 0 Å². The molecule has 8 heteroatoms. The molecule has 0 radical (unpaired) electrons. The van der Waals surface area contributed by atoms with Crippen LogP contribution >= 0.6 is 23.2 Å². The fourth-order valence-corrected chi connectivity index (χ4v) is 4.79. The molecule has 6 nitrogen and oxygen atoms in total. The van der Waals surface area contributed by atoms with Gasteiger partial charge in [-0.15, -0.1) is 5.10 Å². The Kier molecular flexibility index (Phi) is 5.90. The van der Waals surface area contributed by atoms with E-state index in [1.165, 1.54) is 25.7 Å². The number of carbonyl (C=O) groups excluding carboxylic acids is 1. The highest BCUT2D eigenvalue weighted by atomic mass is 35.5. The molecular formula is C20H25Cl2N5O. The Hall–Kier alpha value is -1.63. The van der Waals surface area contributed by atoms with Gasteiger partial charge >= 0.3 is 0 Å². The minimum Gasteiger partial charge on any atom is -0.333 e. The lowest BCUT2D eigenvalue weighted by Crippen LogP contribution is -2.51. The topological polar surface area (TPSA) is 54.3 Å². The summed E-state index contributed by atoms with van der Waals surface area (Å²) in [6.45, 7) is 5.26. The Morgan fingerprint density at radius 1 is 1.11 bits per heavy atom. The average molecular weight is 422 g/mol. The van der Waals surface area contributed by atoms with E-state index in [2.05, 4.69) is 15.0 Å². The van der Waals surface area contributed by atoms with Gasteiger partial charge in [-0.2, -0.15) is 0 Å². The number of aryl methyl sites for hydroxylation is 1. The number of amides is 1. The van der Waals surface area contributed by atoms with Crippen molar-refractivity contribution in [2.45, 2.75) is 45.1 Å². The Labute approximate surface area is 175 Å². The molecule has 0 N–H and O–H groups in total. The summed E-state index contributed by atoms with van der Waals surface area (Å²) in [7, 11) is 0. The summed E-state index contributed by atoms with van der Waals surface area (Å²) in [6, 6.07) is 6.00. The van der Waals surface area contributed by atoms with E-state index in [-0.39, 0.29) is 11.7 Å². The van der Waals surface area contributed by atoms with Gasteiger partial charge in [0.1, 0.15) is 11.5 Å². The number of hydrogen-bond acceptors (Lipinski definition) is 4. The predicted octanol–water partition coefficient (Wildman–Crippen LogP) is 3.84. The lowest BCUT2D eigenvalue weighted by molar-refractivity contribution is 0.0562. The number of para-hydroxylation sites is 1. The van der Waals surface area contributed by atoms with Crippen LogP contribution in [0.3, 0.4) is 0 Å². The van der Waals surface area contributed by atoms with E-state index < -0.39 is 0 Å². The van der Waals surface area contributed by atoms with Gasteiger partial charge < -0.3 is 4.90 Å². The lowest BCUT2D eigenvalue weighted by Gasteiger charge is -2.37. The summed E-state index contributed by atoms with van der Waals surface area (Å²) in [5.74, 6) is 0.757. The molecule has 1 saturated carbocycles. The van der Waals surface area contributed by atoms with Crippen LogP contribution < -0.4 is 0 Å². The van der Waals surface area contributed by atoms with E-state index in [4.69, 9.17) is 23.2 Å². The molecule has 0 atom stereocenters. The Bertz CT molecular complexity index is 834. The maximum atomic E-state index is 13.0. The quantitative estimate of drug-likeness (QED) is 0.752. The van der Waals surface area contributed by atoms with Crippen LogP contribution in [-0.4, -0.2) is 62.7 Å². The first-order valence-electron chi connectivity index (χ1n) is 10.0. The van der Waals surface area contributed by atoms with Gasteiger partial charge in [0.25, 0.3) is 5.91 Å². The van der Waals surface area contributed by atoms with E-state index in [0.29, 0.717) is 34.0 Å². The maximum Gasteiger partial charge on any atom is 0.293 e. The lowest BCUT2D eigenvalue weighted by atomic mass is 10.2. The van der Waals surface area contributed by atoms with Gasteiger partial charge in [0.15, 0.2) is 0 Å². The Balaban J connectivity index is 1.52. The molecule has 1 saturated heterocycles. The van der Waals surface area contributed by atoms with Crippen molar-refractivity contribution < 1.29 is 4.79 Å².